The van der Waals surface area contributed by atoms with Crippen LogP contribution in [0.2, 0.25) is 0 Å². The van der Waals surface area contributed by atoms with Gasteiger partial charge in [-0.05, 0) is 38.1 Å². The maximum Gasteiger partial charge on any atom is 0.228 e. The first-order valence-corrected chi connectivity index (χ1v) is 9.33. The van der Waals surface area contributed by atoms with Crippen molar-refractivity contribution in [1.82, 2.24) is 15.5 Å². The Labute approximate surface area is 139 Å². The fourth-order valence-corrected chi connectivity index (χ4v) is 4.63. The van der Waals surface area contributed by atoms with Gasteiger partial charge in [-0.3, -0.25) is 9.59 Å². The molecule has 0 aromatic heterocycles. The summed E-state index contributed by atoms with van der Waals surface area (Å²) in [6.45, 7) is 7.29. The summed E-state index contributed by atoms with van der Waals surface area (Å²) in [5, 5.41) is 6.77. The zero-order valence-electron chi connectivity index (χ0n) is 14.6. The molecule has 3 rings (SSSR count). The molecule has 0 unspecified atom stereocenters. The van der Waals surface area contributed by atoms with Crippen molar-refractivity contribution in [3.05, 3.63) is 0 Å². The summed E-state index contributed by atoms with van der Waals surface area (Å²) in [6, 6.07) is 0.233. The fraction of sp³-hybridized carbons (Fsp3) is 0.889. The summed E-state index contributed by atoms with van der Waals surface area (Å²) in [5.74, 6) is 1.08. The van der Waals surface area contributed by atoms with Gasteiger partial charge in [-0.1, -0.05) is 26.7 Å². The summed E-state index contributed by atoms with van der Waals surface area (Å²) in [6.07, 6.45) is 6.42. The third-order valence-corrected chi connectivity index (χ3v) is 6.13. The molecule has 5 heteroatoms. The molecule has 0 aromatic carbocycles. The quantitative estimate of drug-likeness (QED) is 0.829. The number of hydrogen-bond acceptors (Lipinski definition) is 3. The highest BCUT2D eigenvalue weighted by atomic mass is 16.2. The van der Waals surface area contributed by atoms with Crippen LogP contribution in [-0.2, 0) is 9.59 Å². The first-order chi connectivity index (χ1) is 11.0. The molecule has 3 fully saturated rings. The van der Waals surface area contributed by atoms with Crippen LogP contribution in [0.1, 0.15) is 52.4 Å². The van der Waals surface area contributed by atoms with Gasteiger partial charge in [0.1, 0.15) is 0 Å². The Bertz CT molecular complexity index is 457. The van der Waals surface area contributed by atoms with E-state index in [0.29, 0.717) is 5.92 Å². The number of piperidine rings is 1. The molecule has 3 aliphatic rings. The molecule has 5 nitrogen and oxygen atoms in total. The Hall–Kier alpha value is -1.10. The van der Waals surface area contributed by atoms with Crippen LogP contribution in [0.25, 0.3) is 0 Å². The normalized spacial score (nSPS) is 32.0. The minimum atomic E-state index is -0.164. The number of nitrogens with one attached hydrogen (secondary N) is 2. The lowest BCUT2D eigenvalue weighted by atomic mass is 9.67. The molecule has 2 heterocycles. The number of hydrogen-bond donors (Lipinski definition) is 2. The maximum absolute atomic E-state index is 13.0. The Morgan fingerprint density at radius 1 is 1.17 bits per heavy atom. The van der Waals surface area contributed by atoms with Crippen LogP contribution in [0.5, 0.6) is 0 Å². The SMILES string of the molecule is CC(C)C(=O)N1CCC(NC(=O)[C@@]23CCCC[C@H]2CNC3)CC1. The third-order valence-electron chi connectivity index (χ3n) is 6.13. The van der Waals surface area contributed by atoms with Crippen molar-refractivity contribution in [1.29, 1.82) is 0 Å². The highest BCUT2D eigenvalue weighted by Gasteiger charge is 2.50. The predicted molar refractivity (Wildman–Crippen MR) is 89.8 cm³/mol. The van der Waals surface area contributed by atoms with Crippen LogP contribution in [0, 0.1) is 17.3 Å². The van der Waals surface area contributed by atoms with E-state index in [4.69, 9.17) is 0 Å². The molecule has 2 N–H and O–H groups in total. The van der Waals surface area contributed by atoms with E-state index in [1.54, 1.807) is 0 Å². The molecule has 1 saturated carbocycles. The van der Waals surface area contributed by atoms with E-state index in [2.05, 4.69) is 10.6 Å². The van der Waals surface area contributed by atoms with Crippen molar-refractivity contribution in [2.45, 2.75) is 58.4 Å². The van der Waals surface area contributed by atoms with Gasteiger partial charge in [-0.25, -0.2) is 0 Å². The topological polar surface area (TPSA) is 61.4 Å². The highest BCUT2D eigenvalue weighted by molar-refractivity contribution is 5.84. The second-order valence-corrected chi connectivity index (χ2v) is 7.96. The van der Waals surface area contributed by atoms with E-state index >= 15 is 0 Å². The standard InChI is InChI=1S/C18H31N3O2/c1-13(2)16(22)21-9-6-15(7-10-21)20-17(23)18-8-4-3-5-14(18)11-19-12-18/h13-15,19H,3-12H2,1-2H3,(H,20,23)/t14-,18+/m0/s1. The fourth-order valence-electron chi connectivity index (χ4n) is 4.63. The Kier molecular flexibility index (Phi) is 4.95. The van der Waals surface area contributed by atoms with Crippen molar-refractivity contribution in [3.63, 3.8) is 0 Å². The van der Waals surface area contributed by atoms with Crippen LogP contribution in [-0.4, -0.2) is 48.9 Å². The number of likely N-dealkylation sites (tertiary alicyclic amines) is 1. The average Bonchev–Trinajstić information content (AvgIpc) is 3.00. The van der Waals surface area contributed by atoms with Gasteiger partial charge in [-0.2, -0.15) is 0 Å². The average molecular weight is 321 g/mol. The minimum absolute atomic E-state index is 0.0626. The molecule has 2 atom stereocenters. The van der Waals surface area contributed by atoms with Crippen LogP contribution >= 0.6 is 0 Å². The number of fused-ring (bicyclic) bond motifs is 1. The lowest BCUT2D eigenvalue weighted by Crippen LogP contribution is -2.53. The Morgan fingerprint density at radius 3 is 2.61 bits per heavy atom. The number of rotatable bonds is 3. The van der Waals surface area contributed by atoms with Crippen molar-refractivity contribution < 1.29 is 9.59 Å². The summed E-state index contributed by atoms with van der Waals surface area (Å²) >= 11 is 0. The number of amides is 2. The maximum atomic E-state index is 13.0. The zero-order chi connectivity index (χ0) is 16.4. The zero-order valence-corrected chi connectivity index (χ0v) is 14.6. The number of nitrogens with zero attached hydrogens (tertiary/aromatic N) is 1. The summed E-state index contributed by atoms with van der Waals surface area (Å²) in [5.41, 5.74) is -0.164. The van der Waals surface area contributed by atoms with Gasteiger partial charge < -0.3 is 15.5 Å². The molecule has 23 heavy (non-hydrogen) atoms. The predicted octanol–water partition coefficient (Wildman–Crippen LogP) is 1.53. The van der Waals surface area contributed by atoms with Gasteiger partial charge in [0.05, 0.1) is 5.41 Å². The molecule has 2 amide bonds. The van der Waals surface area contributed by atoms with E-state index in [1.807, 2.05) is 18.7 Å². The highest BCUT2D eigenvalue weighted by Crippen LogP contribution is 2.44. The molecule has 2 saturated heterocycles. The van der Waals surface area contributed by atoms with Crippen molar-refractivity contribution in [2.24, 2.45) is 17.3 Å². The first kappa shape index (κ1) is 16.7. The smallest absolute Gasteiger partial charge is 0.228 e. The lowest BCUT2D eigenvalue weighted by Gasteiger charge is -2.40. The number of carbonyl (C=O) groups excluding carboxylic acids is 2. The second-order valence-electron chi connectivity index (χ2n) is 7.96. The van der Waals surface area contributed by atoms with Crippen LogP contribution < -0.4 is 10.6 Å². The third kappa shape index (κ3) is 3.25. The summed E-state index contributed by atoms with van der Waals surface area (Å²) < 4.78 is 0. The van der Waals surface area contributed by atoms with Crippen molar-refractivity contribution in [2.75, 3.05) is 26.2 Å². The molecule has 0 spiro atoms. The van der Waals surface area contributed by atoms with Gasteiger partial charge in [0.2, 0.25) is 11.8 Å². The van der Waals surface area contributed by atoms with Crippen LogP contribution in [0.4, 0.5) is 0 Å². The van der Waals surface area contributed by atoms with E-state index in [-0.39, 0.29) is 29.2 Å². The van der Waals surface area contributed by atoms with E-state index in [9.17, 15) is 9.59 Å². The van der Waals surface area contributed by atoms with Crippen molar-refractivity contribution in [3.8, 4) is 0 Å². The Balaban J connectivity index is 1.54. The number of carbonyl (C=O) groups is 2. The molecule has 130 valence electrons. The van der Waals surface area contributed by atoms with E-state index < -0.39 is 0 Å². The molecule has 2 aliphatic heterocycles. The Morgan fingerprint density at radius 2 is 1.91 bits per heavy atom. The monoisotopic (exact) mass is 321 g/mol. The van der Waals surface area contributed by atoms with Crippen LogP contribution in [0.3, 0.4) is 0 Å². The van der Waals surface area contributed by atoms with Gasteiger partial charge >= 0.3 is 0 Å². The molecule has 0 bridgehead atoms. The lowest BCUT2D eigenvalue weighted by molar-refractivity contribution is -0.137. The summed E-state index contributed by atoms with van der Waals surface area (Å²) in [4.78, 5) is 27.0. The van der Waals surface area contributed by atoms with Gasteiger partial charge in [0.15, 0.2) is 0 Å². The molecular weight excluding hydrogens is 290 g/mol. The van der Waals surface area contributed by atoms with Gasteiger partial charge in [0.25, 0.3) is 0 Å². The van der Waals surface area contributed by atoms with E-state index in [1.165, 1.54) is 19.3 Å². The first-order valence-electron chi connectivity index (χ1n) is 9.33. The van der Waals surface area contributed by atoms with Gasteiger partial charge in [-0.15, -0.1) is 0 Å². The van der Waals surface area contributed by atoms with Crippen LogP contribution in [0.15, 0.2) is 0 Å². The molecule has 0 aromatic rings. The van der Waals surface area contributed by atoms with E-state index in [0.717, 1.165) is 45.4 Å². The van der Waals surface area contributed by atoms with Gasteiger partial charge in [0, 0.05) is 31.6 Å². The molecule has 1 aliphatic carbocycles. The summed E-state index contributed by atoms with van der Waals surface area (Å²) in [7, 11) is 0. The second kappa shape index (κ2) is 6.80. The largest absolute Gasteiger partial charge is 0.353 e. The van der Waals surface area contributed by atoms with Crippen molar-refractivity contribution >= 4 is 11.8 Å². The molecular formula is C18H31N3O2. The molecule has 0 radical (unpaired) electrons. The minimum Gasteiger partial charge on any atom is -0.353 e.